The highest BCUT2D eigenvalue weighted by molar-refractivity contribution is 6.34. The van der Waals surface area contributed by atoms with E-state index in [4.69, 9.17) is 23.1 Å². The molecule has 1 aromatic carbocycles. The number of primary amides is 1. The molecular weight excluding hydrogens is 433 g/mol. The van der Waals surface area contributed by atoms with Gasteiger partial charge in [0.25, 0.3) is 5.91 Å². The second-order valence-electron chi connectivity index (χ2n) is 9.11. The molecule has 1 fully saturated rings. The lowest BCUT2D eigenvalue weighted by atomic mass is 9.74. The van der Waals surface area contributed by atoms with Crippen LogP contribution in [0.1, 0.15) is 48.5 Å². The molecule has 1 aromatic heterocycles. The molecule has 2 aliphatic rings. The first kappa shape index (κ1) is 22.3. The molecule has 2 atom stereocenters. The summed E-state index contributed by atoms with van der Waals surface area (Å²) >= 11 is 6.89. The average molecular weight is 460 g/mol. The van der Waals surface area contributed by atoms with Crippen molar-refractivity contribution in [2.24, 2.45) is 11.1 Å². The van der Waals surface area contributed by atoms with E-state index < -0.39 is 22.6 Å². The van der Waals surface area contributed by atoms with Gasteiger partial charge in [-0.25, -0.2) is 9.37 Å². The molecule has 170 valence electrons. The summed E-state index contributed by atoms with van der Waals surface area (Å²) in [4.78, 5) is 30.6. The first-order valence-corrected chi connectivity index (χ1v) is 11.0. The van der Waals surface area contributed by atoms with Crippen molar-refractivity contribution < 1.29 is 14.0 Å². The van der Waals surface area contributed by atoms with Crippen molar-refractivity contribution in [3.05, 3.63) is 40.3 Å². The molecule has 7 nitrogen and oxygen atoms in total. The van der Waals surface area contributed by atoms with E-state index >= 15 is 4.39 Å². The number of hydrogen-bond acceptors (Lipinski definition) is 5. The van der Waals surface area contributed by atoms with Crippen LogP contribution in [-0.2, 0) is 10.2 Å². The summed E-state index contributed by atoms with van der Waals surface area (Å²) < 4.78 is 15.5. The first-order chi connectivity index (χ1) is 15.1. The Bertz CT molecular complexity index is 1140. The molecule has 0 radical (unpaired) electrons. The van der Waals surface area contributed by atoms with Gasteiger partial charge in [-0.2, -0.15) is 0 Å². The van der Waals surface area contributed by atoms with Crippen LogP contribution < -0.4 is 16.8 Å². The zero-order valence-corrected chi connectivity index (χ0v) is 19.1. The fraction of sp³-hybridized carbons (Fsp3) is 0.435. The number of halogens is 2. The van der Waals surface area contributed by atoms with Gasteiger partial charge in [0.2, 0.25) is 5.91 Å². The summed E-state index contributed by atoms with van der Waals surface area (Å²) in [6.07, 6.45) is 4.10. The molecule has 1 aliphatic carbocycles. The van der Waals surface area contributed by atoms with Crippen LogP contribution in [0.3, 0.4) is 0 Å². The summed E-state index contributed by atoms with van der Waals surface area (Å²) in [5.41, 5.74) is 11.9. The van der Waals surface area contributed by atoms with Gasteiger partial charge in [0.05, 0.1) is 10.6 Å². The van der Waals surface area contributed by atoms with Gasteiger partial charge in [-0.1, -0.05) is 18.5 Å². The lowest BCUT2D eigenvalue weighted by Crippen LogP contribution is -2.37. The van der Waals surface area contributed by atoms with E-state index in [1.165, 1.54) is 37.3 Å². The smallest absolute Gasteiger partial charge is 0.258 e. The Labute approximate surface area is 191 Å². The number of nitrogens with zero attached hydrogens (tertiary/aromatic N) is 2. The highest BCUT2D eigenvalue weighted by Crippen LogP contribution is 2.58. The number of anilines is 2. The van der Waals surface area contributed by atoms with Crippen molar-refractivity contribution in [2.45, 2.75) is 38.0 Å². The molecule has 1 aliphatic heterocycles. The maximum Gasteiger partial charge on any atom is 0.258 e. The molecule has 1 spiro atoms. The quantitative estimate of drug-likeness (QED) is 0.605. The van der Waals surface area contributed by atoms with Gasteiger partial charge < -0.3 is 21.7 Å². The number of fused-ring (bicyclic) bond motifs is 2. The average Bonchev–Trinajstić information content (AvgIpc) is 3.31. The molecule has 0 bridgehead atoms. The van der Waals surface area contributed by atoms with E-state index in [0.29, 0.717) is 42.2 Å². The molecule has 2 heterocycles. The van der Waals surface area contributed by atoms with Crippen LogP contribution in [0.15, 0.2) is 18.3 Å². The molecule has 4 rings (SSSR count). The number of rotatable bonds is 4. The maximum atomic E-state index is 15.5. The number of aromatic nitrogens is 1. The number of benzene rings is 1. The summed E-state index contributed by atoms with van der Waals surface area (Å²) in [5.74, 6) is -0.938. The number of nitrogens with one attached hydrogen (secondary N) is 1. The fourth-order valence-corrected chi connectivity index (χ4v) is 5.67. The van der Waals surface area contributed by atoms with Crippen LogP contribution in [0.25, 0.3) is 11.1 Å². The molecule has 1 saturated carbocycles. The van der Waals surface area contributed by atoms with E-state index in [2.05, 4.69) is 10.3 Å². The Morgan fingerprint density at radius 3 is 2.59 bits per heavy atom. The molecule has 2 amide bonds. The molecule has 0 unspecified atom stereocenters. The van der Waals surface area contributed by atoms with Crippen molar-refractivity contribution in [1.82, 2.24) is 9.88 Å². The number of nitrogen functional groups attached to an aromatic ring is 1. The summed E-state index contributed by atoms with van der Waals surface area (Å²) in [6.45, 7) is 2.55. The zero-order chi connectivity index (χ0) is 23.4. The van der Waals surface area contributed by atoms with Crippen LogP contribution >= 0.6 is 11.6 Å². The summed E-state index contributed by atoms with van der Waals surface area (Å²) in [6, 6.07) is 3.01. The van der Waals surface area contributed by atoms with Gasteiger partial charge in [-0.3, -0.25) is 9.59 Å². The second kappa shape index (κ2) is 7.62. The minimum absolute atomic E-state index is 0.0540. The monoisotopic (exact) mass is 459 g/mol. The summed E-state index contributed by atoms with van der Waals surface area (Å²) in [5, 5.41) is 3.66. The number of pyridine rings is 1. The SMILES string of the molecule is CC[C@@]1(C(N)=O)CC[C@]2(CNc3ncc(-c4ccc(N)c(C(=O)N(C)C)c4F)c(Cl)c32)C1. The predicted octanol–water partition coefficient (Wildman–Crippen LogP) is 3.55. The number of amides is 2. The Kier molecular flexibility index (Phi) is 5.32. The Balaban J connectivity index is 1.86. The van der Waals surface area contributed by atoms with Crippen molar-refractivity contribution in [2.75, 3.05) is 31.7 Å². The highest BCUT2D eigenvalue weighted by Gasteiger charge is 2.55. The third-order valence-electron chi connectivity index (χ3n) is 7.18. The van der Waals surface area contributed by atoms with Gasteiger partial charge in [-0.15, -0.1) is 0 Å². The lowest BCUT2D eigenvalue weighted by molar-refractivity contribution is -0.127. The van der Waals surface area contributed by atoms with Crippen molar-refractivity contribution in [3.8, 4) is 11.1 Å². The predicted molar refractivity (Wildman–Crippen MR) is 123 cm³/mol. The van der Waals surface area contributed by atoms with Crippen molar-refractivity contribution in [3.63, 3.8) is 0 Å². The summed E-state index contributed by atoms with van der Waals surface area (Å²) in [7, 11) is 3.07. The van der Waals surface area contributed by atoms with E-state index in [9.17, 15) is 9.59 Å². The molecule has 9 heteroatoms. The van der Waals surface area contributed by atoms with Gasteiger partial charge in [0.15, 0.2) is 0 Å². The number of nitrogens with two attached hydrogens (primary N) is 2. The fourth-order valence-electron chi connectivity index (χ4n) is 5.23. The van der Waals surface area contributed by atoms with Gasteiger partial charge >= 0.3 is 0 Å². The lowest BCUT2D eigenvalue weighted by Gasteiger charge is -2.29. The Morgan fingerprint density at radius 1 is 1.28 bits per heavy atom. The third kappa shape index (κ3) is 3.11. The van der Waals surface area contributed by atoms with E-state index in [1.807, 2.05) is 6.92 Å². The number of carbonyl (C=O) groups is 2. The normalized spacial score (nSPS) is 23.8. The van der Waals surface area contributed by atoms with Crippen LogP contribution in [0, 0.1) is 11.2 Å². The third-order valence-corrected chi connectivity index (χ3v) is 7.58. The topological polar surface area (TPSA) is 114 Å². The van der Waals surface area contributed by atoms with Gasteiger partial charge in [0, 0.05) is 60.0 Å². The standard InChI is InChI=1S/C23H27ClFN5O2/c1-4-22(21(27)32)7-8-23(10-22)11-29-19-16(23)17(24)13(9-28-19)12-5-6-14(26)15(18(12)25)20(31)30(2)3/h5-6,9H,4,7-8,10-11,26H2,1-3H3,(H2,27,32)(H,28,29)/t22-,23-/m1/s1. The van der Waals surface area contributed by atoms with E-state index in [-0.39, 0.29) is 22.7 Å². The van der Waals surface area contributed by atoms with E-state index in [0.717, 1.165) is 12.0 Å². The zero-order valence-electron chi connectivity index (χ0n) is 18.4. The molecule has 0 saturated heterocycles. The van der Waals surface area contributed by atoms with Crippen LogP contribution in [-0.4, -0.2) is 42.3 Å². The highest BCUT2D eigenvalue weighted by atomic mass is 35.5. The Hall–Kier alpha value is -2.87. The Morgan fingerprint density at radius 2 is 2.00 bits per heavy atom. The minimum Gasteiger partial charge on any atom is -0.398 e. The molecule has 2 aromatic rings. The van der Waals surface area contributed by atoms with Crippen molar-refractivity contribution in [1.29, 1.82) is 0 Å². The maximum absolute atomic E-state index is 15.5. The minimum atomic E-state index is -0.737. The first-order valence-electron chi connectivity index (χ1n) is 10.6. The second-order valence-corrected chi connectivity index (χ2v) is 9.49. The van der Waals surface area contributed by atoms with Crippen LogP contribution in [0.4, 0.5) is 15.9 Å². The van der Waals surface area contributed by atoms with Crippen molar-refractivity contribution >= 4 is 34.9 Å². The number of hydrogen-bond donors (Lipinski definition) is 3. The molecular formula is C23H27ClFN5O2. The number of carbonyl (C=O) groups excluding carboxylic acids is 2. The van der Waals surface area contributed by atoms with Gasteiger partial charge in [0.1, 0.15) is 11.6 Å². The van der Waals surface area contributed by atoms with Crippen LogP contribution in [0.5, 0.6) is 0 Å². The van der Waals surface area contributed by atoms with E-state index in [1.54, 1.807) is 0 Å². The molecule has 5 N–H and O–H groups in total. The van der Waals surface area contributed by atoms with Crippen LogP contribution in [0.2, 0.25) is 5.02 Å². The largest absolute Gasteiger partial charge is 0.398 e. The van der Waals surface area contributed by atoms with Gasteiger partial charge in [-0.05, 0) is 37.8 Å². The molecule has 32 heavy (non-hydrogen) atoms.